The van der Waals surface area contributed by atoms with Crippen molar-refractivity contribution in [2.45, 2.75) is 37.5 Å². The third-order valence-corrected chi connectivity index (χ3v) is 7.20. The minimum absolute atomic E-state index is 0.0955. The Balaban J connectivity index is 2.17. The first-order valence-electron chi connectivity index (χ1n) is 10.9. The Morgan fingerprint density at radius 3 is 1.72 bits per heavy atom. The molecule has 0 spiro atoms. The van der Waals surface area contributed by atoms with Gasteiger partial charge in [0.15, 0.2) is 0 Å². The van der Waals surface area contributed by atoms with Gasteiger partial charge in [-0.15, -0.1) is 18.5 Å². The zero-order chi connectivity index (χ0) is 22.8. The topological polar surface area (TPSA) is 25.8 Å². The average Bonchev–Trinajstić information content (AvgIpc) is 2.83. The summed E-state index contributed by atoms with van der Waals surface area (Å²) in [5.74, 6) is 0. The average molecular weight is 457 g/mol. The van der Waals surface area contributed by atoms with Crippen LogP contribution in [0, 0.1) is 0 Å². The van der Waals surface area contributed by atoms with Crippen molar-refractivity contribution in [3.05, 3.63) is 119 Å². The smallest absolute Gasteiger partial charge is 0.0938 e. The number of benzene rings is 2. The predicted octanol–water partition coefficient (Wildman–Crippen LogP) is 6.98. The molecular formula is C28H30N2P2. The van der Waals surface area contributed by atoms with Crippen LogP contribution < -0.4 is 0 Å². The summed E-state index contributed by atoms with van der Waals surface area (Å²) in [4.78, 5) is 9.67. The van der Waals surface area contributed by atoms with Crippen LogP contribution in [-0.4, -0.2) is 9.97 Å². The van der Waals surface area contributed by atoms with Crippen LogP contribution in [0.25, 0.3) is 11.1 Å². The Bertz CT molecular complexity index is 1150. The highest BCUT2D eigenvalue weighted by molar-refractivity contribution is 7.19. The second-order valence-corrected chi connectivity index (χ2v) is 10.4. The van der Waals surface area contributed by atoms with E-state index < -0.39 is 5.16 Å². The maximum absolute atomic E-state index is 4.84. The van der Waals surface area contributed by atoms with Crippen molar-refractivity contribution in [1.29, 1.82) is 0 Å². The van der Waals surface area contributed by atoms with Crippen molar-refractivity contribution in [2.24, 2.45) is 0 Å². The molecule has 0 aliphatic heterocycles. The number of hydrogen-bond donors (Lipinski definition) is 0. The van der Waals surface area contributed by atoms with E-state index in [1.807, 2.05) is 24.5 Å². The van der Waals surface area contributed by atoms with Gasteiger partial charge in [-0.3, -0.25) is 9.97 Å². The van der Waals surface area contributed by atoms with Crippen LogP contribution in [0.15, 0.2) is 91.3 Å². The van der Waals surface area contributed by atoms with Crippen LogP contribution in [0.4, 0.5) is 0 Å². The SMILES string of the molecule is CC(C)(C)c1c(-c2ccccc2)ccc(CP)c1C(P)(c1ccccn1)c1ccccn1. The van der Waals surface area contributed by atoms with Crippen LogP contribution in [0.5, 0.6) is 0 Å². The molecule has 162 valence electrons. The van der Waals surface area contributed by atoms with E-state index in [1.165, 1.54) is 27.8 Å². The summed E-state index contributed by atoms with van der Waals surface area (Å²) in [7, 11) is 6.06. The molecule has 4 heteroatoms. The maximum atomic E-state index is 4.84. The van der Waals surface area contributed by atoms with E-state index in [1.54, 1.807) is 0 Å². The Kier molecular flexibility index (Phi) is 6.57. The van der Waals surface area contributed by atoms with Crippen LogP contribution in [0.3, 0.4) is 0 Å². The normalized spacial score (nSPS) is 12.0. The van der Waals surface area contributed by atoms with E-state index in [0.717, 1.165) is 17.5 Å². The molecule has 4 aromatic rings. The van der Waals surface area contributed by atoms with Crippen molar-refractivity contribution in [1.82, 2.24) is 9.97 Å². The second-order valence-electron chi connectivity index (χ2n) is 9.08. The van der Waals surface area contributed by atoms with Gasteiger partial charge in [0.1, 0.15) is 0 Å². The molecule has 0 saturated carbocycles. The van der Waals surface area contributed by atoms with E-state index >= 15 is 0 Å². The van der Waals surface area contributed by atoms with Gasteiger partial charge in [0.2, 0.25) is 0 Å². The summed E-state index contributed by atoms with van der Waals surface area (Å²) in [5.41, 5.74) is 8.21. The van der Waals surface area contributed by atoms with Gasteiger partial charge in [0, 0.05) is 12.4 Å². The van der Waals surface area contributed by atoms with E-state index in [2.05, 4.69) is 106 Å². The number of nitrogens with zero attached hydrogens (tertiary/aromatic N) is 2. The van der Waals surface area contributed by atoms with Gasteiger partial charge in [-0.1, -0.05) is 75.4 Å². The third kappa shape index (κ3) is 4.15. The highest BCUT2D eigenvalue weighted by atomic mass is 31.0. The van der Waals surface area contributed by atoms with Crippen LogP contribution in [0.2, 0.25) is 0 Å². The first-order chi connectivity index (χ1) is 15.4. The molecule has 0 N–H and O–H groups in total. The van der Waals surface area contributed by atoms with Crippen LogP contribution in [-0.2, 0) is 16.7 Å². The molecule has 2 unspecified atom stereocenters. The zero-order valence-electron chi connectivity index (χ0n) is 18.9. The number of hydrogen-bond acceptors (Lipinski definition) is 2. The molecule has 2 atom stereocenters. The Hall–Kier alpha value is -2.40. The van der Waals surface area contributed by atoms with Gasteiger partial charge < -0.3 is 0 Å². The lowest BCUT2D eigenvalue weighted by atomic mass is 9.72. The largest absolute Gasteiger partial charge is 0.260 e. The molecule has 0 saturated heterocycles. The minimum atomic E-state index is -0.582. The predicted molar refractivity (Wildman–Crippen MR) is 142 cm³/mol. The lowest BCUT2D eigenvalue weighted by Gasteiger charge is -2.38. The Labute approximate surface area is 196 Å². The van der Waals surface area contributed by atoms with E-state index in [4.69, 9.17) is 9.97 Å². The summed E-state index contributed by atoms with van der Waals surface area (Å²) in [6.07, 6.45) is 4.59. The van der Waals surface area contributed by atoms with E-state index in [0.29, 0.717) is 0 Å². The number of aromatic nitrogens is 2. The van der Waals surface area contributed by atoms with Gasteiger partial charge in [-0.05, 0) is 63.7 Å². The van der Waals surface area contributed by atoms with Crippen molar-refractivity contribution < 1.29 is 0 Å². The minimum Gasteiger partial charge on any atom is -0.260 e. The fraction of sp³-hybridized carbons (Fsp3) is 0.214. The molecule has 0 amide bonds. The zero-order valence-corrected chi connectivity index (χ0v) is 21.2. The molecular weight excluding hydrogens is 426 g/mol. The first-order valence-corrected chi connectivity index (χ1v) is 12.3. The quantitative estimate of drug-likeness (QED) is 0.303. The van der Waals surface area contributed by atoms with Gasteiger partial charge >= 0.3 is 0 Å². The third-order valence-electron chi connectivity index (χ3n) is 5.88. The lowest BCUT2D eigenvalue weighted by molar-refractivity contribution is 0.576. The standard InChI is InChI=1S/C28H30N2P2/c1-27(2,3)26-22(20-11-5-4-6-12-20)16-15-21(19-31)25(26)28(32,23-13-7-9-17-29-23)24-14-8-10-18-30-24/h4-18H,19,31-32H2,1-3H3. The summed E-state index contributed by atoms with van der Waals surface area (Å²) in [6, 6.07) is 27.5. The molecule has 0 aliphatic carbocycles. The van der Waals surface area contributed by atoms with Gasteiger partial charge in [0.05, 0.1) is 16.5 Å². The molecule has 0 aliphatic rings. The Morgan fingerprint density at radius 2 is 1.25 bits per heavy atom. The highest BCUT2D eigenvalue weighted by Gasteiger charge is 2.40. The molecule has 0 radical (unpaired) electrons. The van der Waals surface area contributed by atoms with Gasteiger partial charge in [-0.2, -0.15) is 0 Å². The van der Waals surface area contributed by atoms with Gasteiger partial charge in [-0.25, -0.2) is 0 Å². The summed E-state index contributed by atoms with van der Waals surface area (Å²) in [6.45, 7) is 6.90. The second kappa shape index (κ2) is 9.22. The molecule has 2 aromatic heterocycles. The maximum Gasteiger partial charge on any atom is 0.0938 e. The van der Waals surface area contributed by atoms with E-state index in [-0.39, 0.29) is 5.41 Å². The molecule has 0 bridgehead atoms. The molecule has 0 fully saturated rings. The molecule has 2 heterocycles. The van der Waals surface area contributed by atoms with Crippen molar-refractivity contribution in [2.75, 3.05) is 0 Å². The molecule has 2 nitrogen and oxygen atoms in total. The molecule has 4 rings (SSSR count). The lowest BCUT2D eigenvalue weighted by Crippen LogP contribution is -2.31. The van der Waals surface area contributed by atoms with Crippen LogP contribution in [0.1, 0.15) is 48.8 Å². The fourth-order valence-electron chi connectivity index (χ4n) is 4.48. The Morgan fingerprint density at radius 1 is 0.688 bits per heavy atom. The number of pyridine rings is 2. The summed E-state index contributed by atoms with van der Waals surface area (Å²) in [5, 5.41) is -0.582. The summed E-state index contributed by atoms with van der Waals surface area (Å²) < 4.78 is 0. The molecule has 32 heavy (non-hydrogen) atoms. The van der Waals surface area contributed by atoms with E-state index in [9.17, 15) is 0 Å². The highest BCUT2D eigenvalue weighted by Crippen LogP contribution is 2.51. The first kappa shape index (κ1) is 22.8. The van der Waals surface area contributed by atoms with Gasteiger partial charge in [0.25, 0.3) is 0 Å². The van der Waals surface area contributed by atoms with Crippen molar-refractivity contribution in [3.63, 3.8) is 0 Å². The number of rotatable bonds is 5. The van der Waals surface area contributed by atoms with Crippen molar-refractivity contribution >= 4 is 18.5 Å². The summed E-state index contributed by atoms with van der Waals surface area (Å²) >= 11 is 0. The van der Waals surface area contributed by atoms with Crippen LogP contribution >= 0.6 is 18.5 Å². The van der Waals surface area contributed by atoms with Crippen molar-refractivity contribution in [3.8, 4) is 11.1 Å². The molecule has 2 aromatic carbocycles. The fourth-order valence-corrected chi connectivity index (χ4v) is 5.49. The monoisotopic (exact) mass is 456 g/mol.